The van der Waals surface area contributed by atoms with Crippen LogP contribution < -0.4 is 0 Å². The minimum absolute atomic E-state index is 0.226. The summed E-state index contributed by atoms with van der Waals surface area (Å²) >= 11 is 3.96. The SMILES string of the molecule is CCSCC(C)n1cc(I)cc1C(=O)O. The molecular weight excluding hydrogens is 325 g/mol. The Morgan fingerprint density at radius 3 is 2.93 bits per heavy atom. The van der Waals surface area contributed by atoms with Gasteiger partial charge in [-0.05, 0) is 41.3 Å². The number of thioether (sulfide) groups is 1. The van der Waals surface area contributed by atoms with Gasteiger partial charge >= 0.3 is 5.97 Å². The second kappa shape index (κ2) is 5.79. The third kappa shape index (κ3) is 3.41. The zero-order valence-corrected chi connectivity index (χ0v) is 11.7. The fourth-order valence-electron chi connectivity index (χ4n) is 1.35. The molecule has 0 aliphatic rings. The monoisotopic (exact) mass is 339 g/mol. The Kier molecular flexibility index (Phi) is 4.98. The second-order valence-electron chi connectivity index (χ2n) is 3.26. The van der Waals surface area contributed by atoms with Crippen LogP contribution in [0.5, 0.6) is 0 Å². The van der Waals surface area contributed by atoms with Crippen LogP contribution in [-0.4, -0.2) is 27.1 Å². The summed E-state index contributed by atoms with van der Waals surface area (Å²) in [6.45, 7) is 4.15. The number of rotatable bonds is 5. The number of carbonyl (C=O) groups is 1. The molecule has 0 saturated heterocycles. The molecular formula is C10H14INO2S. The molecule has 0 amide bonds. The molecule has 0 aromatic carbocycles. The number of hydrogen-bond acceptors (Lipinski definition) is 2. The number of nitrogens with zero attached hydrogens (tertiary/aromatic N) is 1. The number of hydrogen-bond donors (Lipinski definition) is 1. The summed E-state index contributed by atoms with van der Waals surface area (Å²) in [6, 6.07) is 1.93. The first-order chi connectivity index (χ1) is 7.06. The van der Waals surface area contributed by atoms with Gasteiger partial charge in [0.2, 0.25) is 0 Å². The molecule has 1 heterocycles. The first kappa shape index (κ1) is 12.9. The highest BCUT2D eigenvalue weighted by Crippen LogP contribution is 2.20. The van der Waals surface area contributed by atoms with E-state index in [9.17, 15) is 4.79 Å². The zero-order chi connectivity index (χ0) is 11.4. The lowest BCUT2D eigenvalue weighted by atomic mass is 10.3. The molecule has 0 radical (unpaired) electrons. The van der Waals surface area contributed by atoms with Crippen LogP contribution >= 0.6 is 34.4 Å². The van der Waals surface area contributed by atoms with E-state index in [-0.39, 0.29) is 6.04 Å². The van der Waals surface area contributed by atoms with Crippen LogP contribution in [0.15, 0.2) is 12.3 Å². The van der Waals surface area contributed by atoms with Crippen LogP contribution in [0.2, 0.25) is 0 Å². The molecule has 0 saturated carbocycles. The van der Waals surface area contributed by atoms with Crippen LogP contribution in [-0.2, 0) is 0 Å². The lowest BCUT2D eigenvalue weighted by Gasteiger charge is -2.14. The zero-order valence-electron chi connectivity index (χ0n) is 8.74. The quantitative estimate of drug-likeness (QED) is 0.839. The summed E-state index contributed by atoms with van der Waals surface area (Å²) in [5, 5.41) is 9.02. The van der Waals surface area contributed by atoms with Gasteiger partial charge in [0.1, 0.15) is 5.69 Å². The normalized spacial score (nSPS) is 12.7. The summed E-state index contributed by atoms with van der Waals surface area (Å²) in [4.78, 5) is 11.0. The van der Waals surface area contributed by atoms with Crippen molar-refractivity contribution in [3.05, 3.63) is 21.5 Å². The van der Waals surface area contributed by atoms with Crippen LogP contribution in [0.4, 0.5) is 0 Å². The maximum absolute atomic E-state index is 11.0. The fraction of sp³-hybridized carbons (Fsp3) is 0.500. The largest absolute Gasteiger partial charge is 0.477 e. The van der Waals surface area contributed by atoms with E-state index in [2.05, 4.69) is 29.5 Å². The number of aromatic carboxylic acids is 1. The third-order valence-electron chi connectivity index (χ3n) is 2.07. The van der Waals surface area contributed by atoms with Crippen molar-refractivity contribution >= 4 is 40.3 Å². The molecule has 5 heteroatoms. The molecule has 84 valence electrons. The molecule has 0 bridgehead atoms. The van der Waals surface area contributed by atoms with Gasteiger partial charge in [0.15, 0.2) is 0 Å². The summed E-state index contributed by atoms with van der Waals surface area (Å²) in [5.74, 6) is 1.15. The lowest BCUT2D eigenvalue weighted by molar-refractivity contribution is 0.0683. The molecule has 0 fully saturated rings. The van der Waals surface area contributed by atoms with Gasteiger partial charge in [-0.25, -0.2) is 4.79 Å². The van der Waals surface area contributed by atoms with Crippen molar-refractivity contribution in [1.29, 1.82) is 0 Å². The van der Waals surface area contributed by atoms with Crippen molar-refractivity contribution < 1.29 is 9.90 Å². The second-order valence-corrected chi connectivity index (χ2v) is 5.83. The maximum atomic E-state index is 11.0. The molecule has 1 atom stereocenters. The topological polar surface area (TPSA) is 42.2 Å². The van der Waals surface area contributed by atoms with E-state index in [1.807, 2.05) is 29.4 Å². The molecule has 1 N–H and O–H groups in total. The molecule has 3 nitrogen and oxygen atoms in total. The average molecular weight is 339 g/mol. The number of carboxylic acids is 1. The predicted molar refractivity (Wildman–Crippen MR) is 71.8 cm³/mol. The van der Waals surface area contributed by atoms with Crippen molar-refractivity contribution in [2.75, 3.05) is 11.5 Å². The van der Waals surface area contributed by atoms with Gasteiger partial charge in [-0.2, -0.15) is 11.8 Å². The predicted octanol–water partition coefficient (Wildman–Crippen LogP) is 3.11. The highest BCUT2D eigenvalue weighted by molar-refractivity contribution is 14.1. The summed E-state index contributed by atoms with van der Waals surface area (Å²) in [6.07, 6.45) is 1.89. The molecule has 15 heavy (non-hydrogen) atoms. The Morgan fingerprint density at radius 1 is 1.73 bits per heavy atom. The van der Waals surface area contributed by atoms with Crippen molar-refractivity contribution in [2.24, 2.45) is 0 Å². The third-order valence-corrected chi connectivity index (χ3v) is 3.79. The molecule has 0 spiro atoms. The molecule has 0 aliphatic carbocycles. The summed E-state index contributed by atoms with van der Waals surface area (Å²) < 4.78 is 2.81. The smallest absolute Gasteiger partial charge is 0.352 e. The molecule has 1 unspecified atom stereocenters. The first-order valence-corrected chi connectivity index (χ1v) is 6.98. The average Bonchev–Trinajstić information content (AvgIpc) is 2.57. The van der Waals surface area contributed by atoms with Gasteiger partial charge in [0, 0.05) is 21.6 Å². The molecule has 0 aliphatic heterocycles. The van der Waals surface area contributed by atoms with Crippen LogP contribution in [0.1, 0.15) is 30.4 Å². The Bertz CT molecular complexity index is 351. The number of halogens is 1. The minimum Gasteiger partial charge on any atom is -0.477 e. The number of carboxylic acid groups (broad SMARTS) is 1. The van der Waals surface area contributed by atoms with E-state index in [0.717, 1.165) is 15.1 Å². The Balaban J connectivity index is 2.86. The Labute approximate surface area is 107 Å². The van der Waals surface area contributed by atoms with Crippen LogP contribution in [0.25, 0.3) is 0 Å². The lowest BCUT2D eigenvalue weighted by Crippen LogP contribution is -2.13. The van der Waals surface area contributed by atoms with Crippen molar-refractivity contribution in [3.63, 3.8) is 0 Å². The first-order valence-electron chi connectivity index (χ1n) is 4.74. The van der Waals surface area contributed by atoms with Crippen molar-refractivity contribution in [2.45, 2.75) is 19.9 Å². The van der Waals surface area contributed by atoms with Gasteiger partial charge in [-0.15, -0.1) is 0 Å². The molecule has 1 aromatic rings. The van der Waals surface area contributed by atoms with Gasteiger partial charge < -0.3 is 9.67 Å². The fourth-order valence-corrected chi connectivity index (χ4v) is 2.68. The van der Waals surface area contributed by atoms with E-state index in [1.54, 1.807) is 6.07 Å². The van der Waals surface area contributed by atoms with Crippen molar-refractivity contribution in [3.8, 4) is 0 Å². The molecule has 1 aromatic heterocycles. The Morgan fingerprint density at radius 2 is 2.40 bits per heavy atom. The van der Waals surface area contributed by atoms with E-state index >= 15 is 0 Å². The van der Waals surface area contributed by atoms with E-state index in [1.165, 1.54) is 0 Å². The summed E-state index contributed by atoms with van der Waals surface area (Å²) in [7, 11) is 0. The van der Waals surface area contributed by atoms with Crippen LogP contribution in [0.3, 0.4) is 0 Å². The van der Waals surface area contributed by atoms with Gasteiger partial charge in [0.05, 0.1) is 0 Å². The van der Waals surface area contributed by atoms with Gasteiger partial charge in [-0.1, -0.05) is 6.92 Å². The van der Waals surface area contributed by atoms with E-state index in [4.69, 9.17) is 5.11 Å². The number of aromatic nitrogens is 1. The maximum Gasteiger partial charge on any atom is 0.352 e. The van der Waals surface area contributed by atoms with Crippen LogP contribution in [0, 0.1) is 3.57 Å². The summed E-state index contributed by atoms with van der Waals surface area (Å²) in [5.41, 5.74) is 0.378. The minimum atomic E-state index is -0.855. The van der Waals surface area contributed by atoms with E-state index < -0.39 is 5.97 Å². The van der Waals surface area contributed by atoms with E-state index in [0.29, 0.717) is 5.69 Å². The van der Waals surface area contributed by atoms with Crippen molar-refractivity contribution in [1.82, 2.24) is 4.57 Å². The Hall–Kier alpha value is -0.170. The molecule has 1 rings (SSSR count). The van der Waals surface area contributed by atoms with Gasteiger partial charge in [-0.3, -0.25) is 0 Å². The van der Waals surface area contributed by atoms with Gasteiger partial charge in [0.25, 0.3) is 0 Å². The highest BCUT2D eigenvalue weighted by atomic mass is 127. The highest BCUT2D eigenvalue weighted by Gasteiger charge is 2.15. The standard InChI is InChI=1S/C10H14INO2S/c1-3-15-6-7(2)12-5-8(11)4-9(12)10(13)14/h4-5,7H,3,6H2,1-2H3,(H,13,14).